The van der Waals surface area contributed by atoms with Gasteiger partial charge in [0.25, 0.3) is 0 Å². The van der Waals surface area contributed by atoms with E-state index in [1.807, 2.05) is 26.8 Å². The maximum absolute atomic E-state index is 14.0. The van der Waals surface area contributed by atoms with Gasteiger partial charge in [-0.3, -0.25) is 14.7 Å². The summed E-state index contributed by atoms with van der Waals surface area (Å²) in [5.74, 6) is 0.752. The van der Waals surface area contributed by atoms with Crippen LogP contribution in [0.5, 0.6) is 5.75 Å². The van der Waals surface area contributed by atoms with Gasteiger partial charge < -0.3 is 20.3 Å². The third-order valence-electron chi connectivity index (χ3n) is 4.45. The van der Waals surface area contributed by atoms with Crippen molar-refractivity contribution in [3.8, 4) is 5.75 Å². The minimum Gasteiger partial charge on any atom is -0.491 e. The molecule has 0 aromatic heterocycles. The summed E-state index contributed by atoms with van der Waals surface area (Å²) in [6.07, 6.45) is 0. The first-order valence-electron chi connectivity index (χ1n) is 9.81. The second kappa shape index (κ2) is 10.8. The van der Waals surface area contributed by atoms with Gasteiger partial charge in [-0.15, -0.1) is 0 Å². The summed E-state index contributed by atoms with van der Waals surface area (Å²) in [4.78, 5) is 20.5. The molecule has 0 bridgehead atoms. The Morgan fingerprint density at radius 3 is 2.57 bits per heavy atom. The van der Waals surface area contributed by atoms with Crippen molar-refractivity contribution in [3.63, 3.8) is 0 Å². The van der Waals surface area contributed by atoms with Crippen LogP contribution in [0.2, 0.25) is 0 Å². The van der Waals surface area contributed by atoms with Gasteiger partial charge in [-0.1, -0.05) is 6.07 Å². The number of halogens is 1. The first kappa shape index (κ1) is 21.9. The second-order valence-corrected chi connectivity index (χ2v) is 7.08. The van der Waals surface area contributed by atoms with E-state index in [-0.39, 0.29) is 23.5 Å². The monoisotopic (exact) mass is 393 g/mol. The highest BCUT2D eigenvalue weighted by atomic mass is 19.1. The number of guanidine groups is 1. The fraction of sp³-hybridized carbons (Fsp3) is 0.600. The number of hydrogen-bond acceptors (Lipinski definition) is 4. The van der Waals surface area contributed by atoms with Crippen molar-refractivity contribution in [1.29, 1.82) is 0 Å². The maximum atomic E-state index is 14.0. The molecule has 2 rings (SSSR count). The van der Waals surface area contributed by atoms with Crippen molar-refractivity contribution in [2.24, 2.45) is 4.99 Å². The molecule has 0 spiro atoms. The van der Waals surface area contributed by atoms with Gasteiger partial charge in [0.2, 0.25) is 5.91 Å². The average molecular weight is 394 g/mol. The second-order valence-electron chi connectivity index (χ2n) is 7.08. The van der Waals surface area contributed by atoms with Crippen LogP contribution < -0.4 is 15.4 Å². The van der Waals surface area contributed by atoms with Crippen LogP contribution in [0.3, 0.4) is 0 Å². The molecule has 8 heteroatoms. The number of rotatable bonds is 7. The Kier molecular flexibility index (Phi) is 8.50. The van der Waals surface area contributed by atoms with Gasteiger partial charge in [-0.05, 0) is 38.5 Å². The highest BCUT2D eigenvalue weighted by Crippen LogP contribution is 2.18. The minimum absolute atomic E-state index is 0.0588. The van der Waals surface area contributed by atoms with E-state index < -0.39 is 0 Å². The first-order valence-corrected chi connectivity index (χ1v) is 9.81. The molecule has 1 aromatic carbocycles. The van der Waals surface area contributed by atoms with Crippen LogP contribution in [-0.2, 0) is 11.3 Å². The van der Waals surface area contributed by atoms with Crippen LogP contribution in [-0.4, -0.2) is 74.1 Å². The number of carbonyl (C=O) groups is 1. The van der Waals surface area contributed by atoms with Gasteiger partial charge in [0, 0.05) is 45.8 Å². The predicted octanol–water partition coefficient (Wildman–Crippen LogP) is 1.44. The molecule has 1 aromatic rings. The summed E-state index contributed by atoms with van der Waals surface area (Å²) < 4.78 is 19.2. The molecule has 1 heterocycles. The number of hydrogen-bond donors (Lipinski definition) is 2. The molecule has 1 saturated heterocycles. The summed E-state index contributed by atoms with van der Waals surface area (Å²) in [5.41, 5.74) is 0.825. The third-order valence-corrected chi connectivity index (χ3v) is 4.45. The van der Waals surface area contributed by atoms with Crippen molar-refractivity contribution in [2.45, 2.75) is 33.4 Å². The van der Waals surface area contributed by atoms with Crippen LogP contribution in [0.1, 0.15) is 26.3 Å². The fourth-order valence-electron chi connectivity index (χ4n) is 3.13. The van der Waals surface area contributed by atoms with E-state index in [1.54, 1.807) is 13.1 Å². The first-order chi connectivity index (χ1) is 13.4. The summed E-state index contributed by atoms with van der Waals surface area (Å²) >= 11 is 0. The van der Waals surface area contributed by atoms with Crippen LogP contribution in [0.4, 0.5) is 4.39 Å². The molecule has 7 nitrogen and oxygen atoms in total. The molecule has 1 fully saturated rings. The van der Waals surface area contributed by atoms with Gasteiger partial charge in [-0.25, -0.2) is 4.39 Å². The Morgan fingerprint density at radius 1 is 1.29 bits per heavy atom. The number of amides is 1. The highest BCUT2D eigenvalue weighted by molar-refractivity contribution is 5.80. The summed E-state index contributed by atoms with van der Waals surface area (Å²) in [6, 6.07) is 5.14. The predicted molar refractivity (Wildman–Crippen MR) is 109 cm³/mol. The lowest BCUT2D eigenvalue weighted by Gasteiger charge is -2.36. The van der Waals surface area contributed by atoms with Crippen LogP contribution >= 0.6 is 0 Å². The Balaban J connectivity index is 1.82. The Bertz CT molecular complexity index is 673. The van der Waals surface area contributed by atoms with Gasteiger partial charge in [0.15, 0.2) is 17.5 Å². The number of nitrogens with zero attached hydrogens (tertiary/aromatic N) is 3. The SMILES string of the molecule is CCOc1ccc(CNC(=NC)N2CCN(CC(=O)NC(C)C)CC2)cc1F. The van der Waals surface area contributed by atoms with Gasteiger partial charge in [0.1, 0.15) is 0 Å². The normalized spacial score (nSPS) is 15.6. The highest BCUT2D eigenvalue weighted by Gasteiger charge is 2.21. The van der Waals surface area contributed by atoms with Crippen LogP contribution in [0.25, 0.3) is 0 Å². The zero-order valence-electron chi connectivity index (χ0n) is 17.3. The zero-order chi connectivity index (χ0) is 20.5. The van der Waals surface area contributed by atoms with Gasteiger partial charge in [0.05, 0.1) is 13.2 Å². The molecular weight excluding hydrogens is 361 g/mol. The van der Waals surface area contributed by atoms with Crippen LogP contribution in [0, 0.1) is 5.82 Å². The van der Waals surface area contributed by atoms with E-state index >= 15 is 0 Å². The molecule has 0 atom stereocenters. The maximum Gasteiger partial charge on any atom is 0.234 e. The minimum atomic E-state index is -0.357. The lowest BCUT2D eigenvalue weighted by Crippen LogP contribution is -2.54. The van der Waals surface area contributed by atoms with E-state index in [0.29, 0.717) is 19.7 Å². The molecule has 2 N–H and O–H groups in total. The van der Waals surface area contributed by atoms with Gasteiger partial charge >= 0.3 is 0 Å². The molecule has 28 heavy (non-hydrogen) atoms. The Hall–Kier alpha value is -2.35. The molecule has 1 amide bonds. The number of piperazine rings is 1. The summed E-state index contributed by atoms with van der Waals surface area (Å²) in [5, 5.41) is 6.21. The van der Waals surface area contributed by atoms with E-state index in [1.165, 1.54) is 6.07 Å². The molecule has 0 saturated carbocycles. The van der Waals surface area contributed by atoms with Crippen molar-refractivity contribution < 1.29 is 13.9 Å². The van der Waals surface area contributed by atoms with E-state index in [0.717, 1.165) is 37.7 Å². The summed E-state index contributed by atoms with van der Waals surface area (Å²) in [7, 11) is 1.74. The molecule has 0 unspecified atom stereocenters. The number of ether oxygens (including phenoxy) is 1. The fourth-order valence-corrected chi connectivity index (χ4v) is 3.13. The largest absolute Gasteiger partial charge is 0.491 e. The number of carbonyl (C=O) groups excluding carboxylic acids is 1. The molecule has 0 aliphatic carbocycles. The number of nitrogens with one attached hydrogen (secondary N) is 2. The van der Waals surface area contributed by atoms with Crippen molar-refractivity contribution in [2.75, 3.05) is 46.4 Å². The van der Waals surface area contributed by atoms with Crippen LogP contribution in [0.15, 0.2) is 23.2 Å². The number of aliphatic imine (C=N–C) groups is 1. The Morgan fingerprint density at radius 2 is 2.00 bits per heavy atom. The quantitative estimate of drug-likeness (QED) is 0.542. The molecule has 1 aliphatic heterocycles. The van der Waals surface area contributed by atoms with E-state index in [9.17, 15) is 9.18 Å². The van der Waals surface area contributed by atoms with Crippen molar-refractivity contribution in [3.05, 3.63) is 29.6 Å². The summed E-state index contributed by atoms with van der Waals surface area (Å²) in [6.45, 7) is 10.2. The van der Waals surface area contributed by atoms with E-state index in [2.05, 4.69) is 25.4 Å². The Labute approximate surface area is 166 Å². The lowest BCUT2D eigenvalue weighted by molar-refractivity contribution is -0.123. The molecule has 0 radical (unpaired) electrons. The third kappa shape index (κ3) is 6.67. The smallest absolute Gasteiger partial charge is 0.234 e. The van der Waals surface area contributed by atoms with Crippen molar-refractivity contribution >= 4 is 11.9 Å². The lowest BCUT2D eigenvalue weighted by atomic mass is 10.2. The average Bonchev–Trinajstić information content (AvgIpc) is 2.65. The molecule has 1 aliphatic rings. The van der Waals surface area contributed by atoms with E-state index in [4.69, 9.17) is 4.74 Å². The van der Waals surface area contributed by atoms with Crippen molar-refractivity contribution in [1.82, 2.24) is 20.4 Å². The molecular formula is C20H32FN5O2. The zero-order valence-corrected chi connectivity index (χ0v) is 17.3. The number of benzene rings is 1. The van der Waals surface area contributed by atoms with Gasteiger partial charge in [-0.2, -0.15) is 0 Å². The molecule has 156 valence electrons. The standard InChI is InChI=1S/C20H32FN5O2/c1-5-28-18-7-6-16(12-17(18)21)13-23-20(22-4)26-10-8-25(9-11-26)14-19(27)24-15(2)3/h6-7,12,15H,5,8-11,13-14H2,1-4H3,(H,22,23)(H,24,27). The topological polar surface area (TPSA) is 69.2 Å².